The average Bonchev–Trinajstić information content (AvgIpc) is 2.46. The Morgan fingerprint density at radius 2 is 2.00 bits per heavy atom. The normalized spacial score (nSPS) is 18.9. The maximum atomic E-state index is 12.4. The van der Waals surface area contributed by atoms with Gasteiger partial charge in [0.2, 0.25) is 5.91 Å². The quantitative estimate of drug-likeness (QED) is 0.825. The Bertz CT molecular complexity index is 487. The molecule has 104 valence electrons. The van der Waals surface area contributed by atoms with Crippen molar-refractivity contribution in [3.8, 4) is 0 Å². The summed E-state index contributed by atoms with van der Waals surface area (Å²) in [6, 6.07) is 6.95. The molecule has 19 heavy (non-hydrogen) atoms. The molecule has 2 N–H and O–H groups in total. The van der Waals surface area contributed by atoms with Crippen LogP contribution in [0, 0.1) is 0 Å². The van der Waals surface area contributed by atoms with Crippen LogP contribution in [-0.4, -0.2) is 46.6 Å². The third-order valence-corrected chi connectivity index (χ3v) is 4.78. The first-order chi connectivity index (χ1) is 9.11. The molecule has 5 nitrogen and oxygen atoms in total. The summed E-state index contributed by atoms with van der Waals surface area (Å²) >= 11 is 0. The maximum absolute atomic E-state index is 12.4. The molecule has 2 unspecified atom stereocenters. The zero-order valence-corrected chi connectivity index (χ0v) is 11.7. The van der Waals surface area contributed by atoms with Gasteiger partial charge in [0.05, 0.1) is 28.9 Å². The van der Waals surface area contributed by atoms with Gasteiger partial charge in [-0.15, -0.1) is 0 Å². The van der Waals surface area contributed by atoms with Gasteiger partial charge in [-0.2, -0.15) is 0 Å². The summed E-state index contributed by atoms with van der Waals surface area (Å²) in [5.74, 6) is -0.107. The number of morpholine rings is 1. The second-order valence-electron chi connectivity index (χ2n) is 4.42. The number of para-hydroxylation sites is 1. The van der Waals surface area contributed by atoms with E-state index in [0.29, 0.717) is 36.9 Å². The van der Waals surface area contributed by atoms with Crippen molar-refractivity contribution in [1.82, 2.24) is 4.90 Å². The number of carbonyl (C=O) groups excluding carboxylic acids is 1. The highest BCUT2D eigenvalue weighted by Gasteiger charge is 2.28. The smallest absolute Gasteiger partial charge is 0.238 e. The first-order valence-corrected chi connectivity index (χ1v) is 7.44. The van der Waals surface area contributed by atoms with Crippen LogP contribution in [0.15, 0.2) is 29.2 Å². The van der Waals surface area contributed by atoms with E-state index in [1.165, 1.54) is 0 Å². The Hall–Kier alpha value is -1.40. The van der Waals surface area contributed by atoms with Crippen molar-refractivity contribution < 1.29 is 13.7 Å². The molecule has 1 heterocycles. The van der Waals surface area contributed by atoms with Crippen LogP contribution in [0.3, 0.4) is 0 Å². The zero-order chi connectivity index (χ0) is 13.8. The highest BCUT2D eigenvalue weighted by molar-refractivity contribution is 7.86. The summed E-state index contributed by atoms with van der Waals surface area (Å²) in [7, 11) is -1.43. The number of hydrogen-bond donors (Lipinski definition) is 1. The van der Waals surface area contributed by atoms with E-state index in [1.807, 2.05) is 0 Å². The van der Waals surface area contributed by atoms with Gasteiger partial charge in [0.15, 0.2) is 0 Å². The molecule has 0 aliphatic carbocycles. The molecule has 0 saturated carbocycles. The molecule has 0 aromatic heterocycles. The lowest BCUT2D eigenvalue weighted by atomic mass is 10.3. The number of nitrogens with two attached hydrogens (primary N) is 1. The molecule has 1 aliphatic rings. The van der Waals surface area contributed by atoms with Crippen LogP contribution in [-0.2, 0) is 20.3 Å². The predicted octanol–water partition coefficient (Wildman–Crippen LogP) is 0.624. The van der Waals surface area contributed by atoms with E-state index in [0.717, 1.165) is 0 Å². The fourth-order valence-electron chi connectivity index (χ4n) is 1.99. The molecule has 1 amide bonds. The molecule has 0 spiro atoms. The molecule has 1 aromatic carbocycles. The van der Waals surface area contributed by atoms with Gasteiger partial charge in [0.25, 0.3) is 0 Å². The number of nitrogen functional groups attached to an aromatic ring is 1. The van der Waals surface area contributed by atoms with E-state index in [-0.39, 0.29) is 5.91 Å². The van der Waals surface area contributed by atoms with Crippen LogP contribution < -0.4 is 5.73 Å². The van der Waals surface area contributed by atoms with E-state index < -0.39 is 16.0 Å². The van der Waals surface area contributed by atoms with Crippen LogP contribution in [0.2, 0.25) is 0 Å². The standard InChI is InChI=1S/C13H18N2O3S/c1-10(13(16)15-6-8-18-9-7-15)19(17)12-5-3-2-4-11(12)14/h2-5,10H,6-9,14H2,1H3. The van der Waals surface area contributed by atoms with Gasteiger partial charge >= 0.3 is 0 Å². The second kappa shape index (κ2) is 6.16. The number of nitrogens with zero attached hydrogens (tertiary/aromatic N) is 1. The largest absolute Gasteiger partial charge is 0.398 e. The van der Waals surface area contributed by atoms with Crippen LogP contribution in [0.4, 0.5) is 5.69 Å². The van der Waals surface area contributed by atoms with E-state index in [1.54, 1.807) is 36.1 Å². The van der Waals surface area contributed by atoms with Crippen molar-refractivity contribution in [3.05, 3.63) is 24.3 Å². The molecule has 0 radical (unpaired) electrons. The van der Waals surface area contributed by atoms with E-state index in [4.69, 9.17) is 10.5 Å². The first-order valence-electron chi connectivity index (χ1n) is 6.23. The number of amides is 1. The van der Waals surface area contributed by atoms with Gasteiger partial charge in [0.1, 0.15) is 5.25 Å². The number of benzene rings is 1. The Labute approximate surface area is 115 Å². The predicted molar refractivity (Wildman–Crippen MR) is 74.1 cm³/mol. The highest BCUT2D eigenvalue weighted by Crippen LogP contribution is 2.19. The van der Waals surface area contributed by atoms with Crippen molar-refractivity contribution in [3.63, 3.8) is 0 Å². The summed E-state index contributed by atoms with van der Waals surface area (Å²) in [6.45, 7) is 3.88. The third kappa shape index (κ3) is 3.13. The van der Waals surface area contributed by atoms with Gasteiger partial charge < -0.3 is 15.4 Å². The van der Waals surface area contributed by atoms with E-state index in [2.05, 4.69) is 0 Å². The lowest BCUT2D eigenvalue weighted by Crippen LogP contribution is -2.46. The van der Waals surface area contributed by atoms with E-state index >= 15 is 0 Å². The lowest BCUT2D eigenvalue weighted by Gasteiger charge is -2.29. The third-order valence-electron chi connectivity index (χ3n) is 3.13. The zero-order valence-electron chi connectivity index (χ0n) is 10.9. The topological polar surface area (TPSA) is 72.6 Å². The van der Waals surface area contributed by atoms with Crippen molar-refractivity contribution in [1.29, 1.82) is 0 Å². The van der Waals surface area contributed by atoms with Gasteiger partial charge in [-0.3, -0.25) is 9.00 Å². The Morgan fingerprint density at radius 1 is 1.37 bits per heavy atom. The number of hydrogen-bond acceptors (Lipinski definition) is 4. The molecular weight excluding hydrogens is 264 g/mol. The first kappa shape index (κ1) is 14.0. The number of ether oxygens (including phenoxy) is 1. The van der Waals surface area contributed by atoms with Gasteiger partial charge in [-0.05, 0) is 19.1 Å². The summed E-state index contributed by atoms with van der Waals surface area (Å²) < 4.78 is 17.6. The van der Waals surface area contributed by atoms with Crippen molar-refractivity contribution in [2.45, 2.75) is 17.1 Å². The van der Waals surface area contributed by atoms with Crippen LogP contribution in [0.5, 0.6) is 0 Å². The number of rotatable bonds is 3. The van der Waals surface area contributed by atoms with Crippen LogP contribution in [0.25, 0.3) is 0 Å². The average molecular weight is 282 g/mol. The Kier molecular flexibility index (Phi) is 4.55. The SMILES string of the molecule is CC(C(=O)N1CCOCC1)S(=O)c1ccccc1N. The van der Waals surface area contributed by atoms with Gasteiger partial charge in [0, 0.05) is 18.8 Å². The van der Waals surface area contributed by atoms with Gasteiger partial charge in [-0.25, -0.2) is 0 Å². The fraction of sp³-hybridized carbons (Fsp3) is 0.462. The van der Waals surface area contributed by atoms with Gasteiger partial charge in [-0.1, -0.05) is 12.1 Å². The minimum Gasteiger partial charge on any atom is -0.398 e. The fourth-order valence-corrected chi connectivity index (χ4v) is 3.21. The Balaban J connectivity index is 2.10. The minimum absolute atomic E-state index is 0.107. The van der Waals surface area contributed by atoms with Crippen molar-refractivity contribution in [2.75, 3.05) is 32.0 Å². The second-order valence-corrected chi connectivity index (χ2v) is 6.16. The molecule has 2 atom stereocenters. The maximum Gasteiger partial charge on any atom is 0.238 e. The van der Waals surface area contributed by atoms with Crippen LogP contribution >= 0.6 is 0 Å². The van der Waals surface area contributed by atoms with Crippen molar-refractivity contribution >= 4 is 22.4 Å². The molecule has 1 aliphatic heterocycles. The summed E-state index contributed by atoms with van der Waals surface area (Å²) in [6.07, 6.45) is 0. The number of anilines is 1. The molecule has 1 saturated heterocycles. The summed E-state index contributed by atoms with van der Waals surface area (Å²) in [4.78, 5) is 14.5. The number of carbonyl (C=O) groups is 1. The lowest BCUT2D eigenvalue weighted by molar-refractivity contribution is -0.134. The highest BCUT2D eigenvalue weighted by atomic mass is 32.2. The monoisotopic (exact) mass is 282 g/mol. The molecule has 1 aromatic rings. The summed E-state index contributed by atoms with van der Waals surface area (Å²) in [5, 5.41) is -0.595. The minimum atomic E-state index is -1.43. The molecule has 6 heteroatoms. The molecule has 0 bridgehead atoms. The molecule has 1 fully saturated rings. The Morgan fingerprint density at radius 3 is 2.63 bits per heavy atom. The molecule has 2 rings (SSSR count). The van der Waals surface area contributed by atoms with E-state index in [9.17, 15) is 9.00 Å². The summed E-state index contributed by atoms with van der Waals surface area (Å²) in [5.41, 5.74) is 6.26. The van der Waals surface area contributed by atoms with Crippen molar-refractivity contribution in [2.24, 2.45) is 0 Å². The van der Waals surface area contributed by atoms with Crippen LogP contribution in [0.1, 0.15) is 6.92 Å². The molecular formula is C13H18N2O3S.